The van der Waals surface area contributed by atoms with Crippen LogP contribution >= 0.6 is 0 Å². The van der Waals surface area contributed by atoms with Crippen molar-refractivity contribution in [1.29, 1.82) is 0 Å². The summed E-state index contributed by atoms with van der Waals surface area (Å²) in [6, 6.07) is 13.7. The van der Waals surface area contributed by atoms with Gasteiger partial charge in [-0.2, -0.15) is 0 Å². The second-order valence-corrected chi connectivity index (χ2v) is 8.22. The SMILES string of the molecule is C[C@H](CCC(=O)c1cnc2c(C#CC(C)(C)C)cccc2c1)c1ccccn1. The largest absolute Gasteiger partial charge is 0.294 e. The molecular weight excluding hydrogens is 344 g/mol. The third-order valence-corrected chi connectivity index (χ3v) is 4.60. The lowest BCUT2D eigenvalue weighted by Gasteiger charge is -2.10. The molecule has 2 heterocycles. The summed E-state index contributed by atoms with van der Waals surface area (Å²) in [5.41, 5.74) is 3.35. The summed E-state index contributed by atoms with van der Waals surface area (Å²) in [6.45, 7) is 8.36. The van der Waals surface area contributed by atoms with Gasteiger partial charge in [0.05, 0.1) is 11.1 Å². The average Bonchev–Trinajstić information content (AvgIpc) is 2.69. The van der Waals surface area contributed by atoms with Gasteiger partial charge in [-0.15, -0.1) is 0 Å². The number of carbonyl (C=O) groups is 1. The molecule has 0 spiro atoms. The zero-order valence-electron chi connectivity index (χ0n) is 17.0. The average molecular weight is 370 g/mol. The highest BCUT2D eigenvalue weighted by Crippen LogP contribution is 2.22. The summed E-state index contributed by atoms with van der Waals surface area (Å²) in [5, 5.41) is 0.948. The number of aromatic nitrogens is 2. The Labute approximate surface area is 167 Å². The summed E-state index contributed by atoms with van der Waals surface area (Å²) in [7, 11) is 0. The first kappa shape index (κ1) is 19.8. The Morgan fingerprint density at radius 3 is 2.64 bits per heavy atom. The van der Waals surface area contributed by atoms with Crippen LogP contribution in [0.15, 0.2) is 54.9 Å². The molecule has 0 fully saturated rings. The van der Waals surface area contributed by atoms with Crippen molar-refractivity contribution < 1.29 is 4.79 Å². The van der Waals surface area contributed by atoms with Crippen LogP contribution in [0.3, 0.4) is 0 Å². The predicted molar refractivity (Wildman–Crippen MR) is 114 cm³/mol. The van der Waals surface area contributed by atoms with Crippen LogP contribution in [0.25, 0.3) is 10.9 Å². The van der Waals surface area contributed by atoms with Crippen molar-refractivity contribution in [1.82, 2.24) is 9.97 Å². The van der Waals surface area contributed by atoms with E-state index < -0.39 is 0 Å². The van der Waals surface area contributed by atoms with Gasteiger partial charge in [-0.05, 0) is 57.4 Å². The van der Waals surface area contributed by atoms with Crippen LogP contribution in [-0.4, -0.2) is 15.8 Å². The van der Waals surface area contributed by atoms with E-state index in [2.05, 4.69) is 49.5 Å². The number of ketones is 1. The molecule has 0 radical (unpaired) electrons. The number of nitrogens with zero attached hydrogens (tertiary/aromatic N) is 2. The molecule has 2 aromatic heterocycles. The lowest BCUT2D eigenvalue weighted by molar-refractivity contribution is 0.0977. The van der Waals surface area contributed by atoms with E-state index in [0.717, 1.165) is 28.6 Å². The van der Waals surface area contributed by atoms with Gasteiger partial charge in [-0.1, -0.05) is 37.0 Å². The van der Waals surface area contributed by atoms with Gasteiger partial charge in [0.2, 0.25) is 0 Å². The van der Waals surface area contributed by atoms with E-state index in [4.69, 9.17) is 0 Å². The maximum atomic E-state index is 12.7. The van der Waals surface area contributed by atoms with Crippen LogP contribution in [0.5, 0.6) is 0 Å². The number of hydrogen-bond acceptors (Lipinski definition) is 3. The van der Waals surface area contributed by atoms with E-state index in [1.165, 1.54) is 0 Å². The van der Waals surface area contributed by atoms with Crippen molar-refractivity contribution in [2.75, 3.05) is 0 Å². The summed E-state index contributed by atoms with van der Waals surface area (Å²) >= 11 is 0. The lowest BCUT2D eigenvalue weighted by Crippen LogP contribution is -2.04. The van der Waals surface area contributed by atoms with Crippen molar-refractivity contribution in [3.8, 4) is 11.8 Å². The maximum absolute atomic E-state index is 12.7. The van der Waals surface area contributed by atoms with Gasteiger partial charge < -0.3 is 0 Å². The molecule has 0 unspecified atom stereocenters. The number of rotatable bonds is 5. The molecule has 0 N–H and O–H groups in total. The van der Waals surface area contributed by atoms with Gasteiger partial charge >= 0.3 is 0 Å². The van der Waals surface area contributed by atoms with Gasteiger partial charge in [-0.25, -0.2) is 0 Å². The number of fused-ring (bicyclic) bond motifs is 1. The smallest absolute Gasteiger partial charge is 0.164 e. The minimum atomic E-state index is -0.0671. The van der Waals surface area contributed by atoms with Crippen LogP contribution in [0, 0.1) is 17.3 Å². The van der Waals surface area contributed by atoms with E-state index >= 15 is 0 Å². The number of pyridine rings is 2. The van der Waals surface area contributed by atoms with Gasteiger partial charge in [-0.3, -0.25) is 14.8 Å². The maximum Gasteiger partial charge on any atom is 0.164 e. The Balaban J connectivity index is 1.76. The van der Waals surface area contributed by atoms with Gasteiger partial charge in [0, 0.05) is 40.9 Å². The fourth-order valence-electron chi connectivity index (χ4n) is 2.98. The van der Waals surface area contributed by atoms with Gasteiger partial charge in [0.25, 0.3) is 0 Å². The Morgan fingerprint density at radius 1 is 1.11 bits per heavy atom. The topological polar surface area (TPSA) is 42.9 Å². The van der Waals surface area contributed by atoms with Gasteiger partial charge in [0.15, 0.2) is 5.78 Å². The fraction of sp³-hybridized carbons (Fsp3) is 0.320. The van der Waals surface area contributed by atoms with Crippen molar-refractivity contribution in [3.05, 3.63) is 71.7 Å². The molecule has 142 valence electrons. The Hall–Kier alpha value is -2.99. The molecule has 0 saturated heterocycles. The molecule has 3 aromatic rings. The highest BCUT2D eigenvalue weighted by atomic mass is 16.1. The molecule has 0 amide bonds. The van der Waals surface area contributed by atoms with Crippen LogP contribution in [0.4, 0.5) is 0 Å². The van der Waals surface area contributed by atoms with Crippen molar-refractivity contribution in [3.63, 3.8) is 0 Å². The number of benzene rings is 1. The third-order valence-electron chi connectivity index (χ3n) is 4.60. The molecule has 0 aliphatic rings. The molecule has 0 saturated carbocycles. The molecule has 1 aromatic carbocycles. The third kappa shape index (κ3) is 5.04. The van der Waals surface area contributed by atoms with E-state index in [9.17, 15) is 4.79 Å². The number of para-hydroxylation sites is 1. The molecule has 3 heteroatoms. The second-order valence-electron chi connectivity index (χ2n) is 8.22. The quantitative estimate of drug-likeness (QED) is 0.421. The van der Waals surface area contributed by atoms with Crippen LogP contribution < -0.4 is 0 Å². The first-order chi connectivity index (χ1) is 13.3. The summed E-state index contributed by atoms with van der Waals surface area (Å²) in [5.74, 6) is 6.85. The fourth-order valence-corrected chi connectivity index (χ4v) is 2.98. The van der Waals surface area contributed by atoms with Crippen molar-refractivity contribution in [2.45, 2.75) is 46.5 Å². The summed E-state index contributed by atoms with van der Waals surface area (Å²) in [6.07, 6.45) is 4.72. The molecule has 0 aliphatic carbocycles. The predicted octanol–water partition coefficient (Wildman–Crippen LogP) is 5.79. The monoisotopic (exact) mass is 370 g/mol. The van der Waals surface area contributed by atoms with E-state index in [1.54, 1.807) is 12.4 Å². The van der Waals surface area contributed by atoms with E-state index in [1.807, 2.05) is 42.5 Å². The summed E-state index contributed by atoms with van der Waals surface area (Å²) in [4.78, 5) is 21.6. The minimum absolute atomic E-state index is 0.0671. The minimum Gasteiger partial charge on any atom is -0.294 e. The molecule has 0 bridgehead atoms. The number of hydrogen-bond donors (Lipinski definition) is 0. The van der Waals surface area contributed by atoms with Crippen LogP contribution in [0.2, 0.25) is 0 Å². The Morgan fingerprint density at radius 2 is 1.93 bits per heavy atom. The highest BCUT2D eigenvalue weighted by Gasteiger charge is 2.13. The standard InChI is InChI=1S/C25H26N2O/c1-18(22-10-5-6-15-26-22)11-12-23(28)21-16-20-9-7-8-19(24(20)27-17-21)13-14-25(2,3)4/h5-10,15-18H,11-12H2,1-4H3/t18-/m1/s1. The summed E-state index contributed by atoms with van der Waals surface area (Å²) < 4.78 is 0. The number of Topliss-reactive ketones (excluding diaryl/α,β-unsaturated/α-hetero) is 1. The highest BCUT2D eigenvalue weighted by molar-refractivity contribution is 5.99. The zero-order chi connectivity index (χ0) is 20.1. The molecular formula is C25H26N2O. The number of carbonyl (C=O) groups excluding carboxylic acids is 1. The first-order valence-electron chi connectivity index (χ1n) is 9.69. The normalized spacial score (nSPS) is 12.3. The molecule has 3 rings (SSSR count). The second kappa shape index (κ2) is 8.35. The molecule has 0 aliphatic heterocycles. The molecule has 1 atom stereocenters. The van der Waals surface area contributed by atoms with Crippen LogP contribution in [-0.2, 0) is 0 Å². The zero-order valence-corrected chi connectivity index (χ0v) is 17.0. The van der Waals surface area contributed by atoms with E-state index in [0.29, 0.717) is 12.0 Å². The van der Waals surface area contributed by atoms with Crippen molar-refractivity contribution >= 4 is 16.7 Å². The van der Waals surface area contributed by atoms with E-state index in [-0.39, 0.29) is 17.1 Å². The Kier molecular flexibility index (Phi) is 5.90. The molecule has 28 heavy (non-hydrogen) atoms. The first-order valence-corrected chi connectivity index (χ1v) is 9.69. The molecule has 3 nitrogen and oxygen atoms in total. The lowest BCUT2D eigenvalue weighted by atomic mass is 9.96. The Bertz CT molecular complexity index is 1040. The van der Waals surface area contributed by atoms with Crippen LogP contribution in [0.1, 0.15) is 68.1 Å². The van der Waals surface area contributed by atoms with Gasteiger partial charge in [0.1, 0.15) is 0 Å². The van der Waals surface area contributed by atoms with Crippen molar-refractivity contribution in [2.24, 2.45) is 5.41 Å².